The number of unbranched alkanes of at least 4 members (excludes halogenated alkanes) is 19. The molecule has 0 aliphatic carbocycles. The molecule has 346 valence electrons. The second-order valence-electron chi connectivity index (χ2n) is 16.5. The van der Waals surface area contributed by atoms with Crippen molar-refractivity contribution in [2.24, 2.45) is 0 Å². The molecule has 0 aliphatic rings. The Morgan fingerprint density at radius 1 is 0.410 bits per heavy atom. The Bertz CT molecular complexity index is 1230. The minimum absolute atomic E-state index is 0.0827. The minimum Gasteiger partial charge on any atom is -0.394 e. The van der Waals surface area contributed by atoms with Crippen molar-refractivity contribution in [2.75, 3.05) is 6.61 Å². The molecule has 2 unspecified atom stereocenters. The maximum atomic E-state index is 12.4. The average molecular weight is 842 g/mol. The van der Waals surface area contributed by atoms with Gasteiger partial charge in [-0.3, -0.25) is 4.79 Å². The summed E-state index contributed by atoms with van der Waals surface area (Å²) in [6.07, 6.45) is 79.0. The highest BCUT2D eigenvalue weighted by atomic mass is 16.3. The minimum atomic E-state index is -0.868. The van der Waals surface area contributed by atoms with Gasteiger partial charge in [0.2, 0.25) is 5.91 Å². The van der Waals surface area contributed by atoms with E-state index in [1.165, 1.54) is 109 Å². The summed E-state index contributed by atoms with van der Waals surface area (Å²) in [6.45, 7) is 4.15. The number of amides is 1. The van der Waals surface area contributed by atoms with Gasteiger partial charge in [0.15, 0.2) is 0 Å². The highest BCUT2D eigenvalue weighted by molar-refractivity contribution is 5.76. The number of hydrogen-bond donors (Lipinski definition) is 3. The first-order valence-corrected chi connectivity index (χ1v) is 25.2. The van der Waals surface area contributed by atoms with Crippen LogP contribution in [-0.2, 0) is 4.79 Å². The van der Waals surface area contributed by atoms with Crippen LogP contribution in [-0.4, -0.2) is 34.9 Å². The summed E-state index contributed by atoms with van der Waals surface area (Å²) in [4.78, 5) is 12.4. The summed E-state index contributed by atoms with van der Waals surface area (Å²) in [5.41, 5.74) is 0. The van der Waals surface area contributed by atoms with Crippen molar-refractivity contribution in [3.63, 3.8) is 0 Å². The van der Waals surface area contributed by atoms with Crippen molar-refractivity contribution in [3.8, 4) is 0 Å². The fourth-order valence-electron chi connectivity index (χ4n) is 6.86. The number of nitrogens with one attached hydrogen (secondary N) is 1. The van der Waals surface area contributed by atoms with Gasteiger partial charge in [0.05, 0.1) is 18.8 Å². The van der Waals surface area contributed by atoms with Gasteiger partial charge in [0.25, 0.3) is 0 Å². The van der Waals surface area contributed by atoms with Crippen molar-refractivity contribution >= 4 is 5.91 Å². The van der Waals surface area contributed by atoms with E-state index in [1.54, 1.807) is 6.08 Å². The van der Waals surface area contributed by atoms with Crippen LogP contribution in [0, 0.1) is 0 Å². The normalized spacial score (nSPS) is 14.0. The molecule has 0 rings (SSSR count). The maximum absolute atomic E-state index is 12.4. The Morgan fingerprint density at radius 3 is 1.15 bits per heavy atom. The molecule has 0 aliphatic heterocycles. The van der Waals surface area contributed by atoms with Gasteiger partial charge in [0, 0.05) is 6.42 Å². The van der Waals surface area contributed by atoms with Crippen LogP contribution in [0.25, 0.3) is 0 Å². The molecule has 4 nitrogen and oxygen atoms in total. The Hall–Kier alpha value is -3.21. The topological polar surface area (TPSA) is 69.6 Å². The first-order chi connectivity index (χ1) is 30.2. The van der Waals surface area contributed by atoms with Crippen molar-refractivity contribution in [1.29, 1.82) is 0 Å². The lowest BCUT2D eigenvalue weighted by Gasteiger charge is -2.19. The van der Waals surface area contributed by atoms with E-state index in [2.05, 4.69) is 129 Å². The van der Waals surface area contributed by atoms with Crippen LogP contribution in [0.5, 0.6) is 0 Å². The third kappa shape index (κ3) is 47.7. The molecular formula is C57H95NO3. The predicted molar refractivity (Wildman–Crippen MR) is 271 cm³/mol. The molecule has 0 heterocycles. The quantitative estimate of drug-likeness (QED) is 0.0423. The summed E-state index contributed by atoms with van der Waals surface area (Å²) in [5, 5.41) is 23.0. The second kappa shape index (κ2) is 51.1. The fraction of sp³-hybridized carbons (Fsp3) is 0.632. The molecule has 0 fully saturated rings. The van der Waals surface area contributed by atoms with Crippen LogP contribution < -0.4 is 5.32 Å². The van der Waals surface area contributed by atoms with Crippen molar-refractivity contribution in [2.45, 2.75) is 225 Å². The monoisotopic (exact) mass is 842 g/mol. The Morgan fingerprint density at radius 2 is 0.738 bits per heavy atom. The summed E-state index contributed by atoms with van der Waals surface area (Å²) in [6, 6.07) is -0.646. The van der Waals surface area contributed by atoms with Gasteiger partial charge in [-0.2, -0.15) is 0 Å². The third-order valence-corrected chi connectivity index (χ3v) is 10.7. The van der Waals surface area contributed by atoms with Crippen molar-refractivity contribution in [3.05, 3.63) is 122 Å². The smallest absolute Gasteiger partial charge is 0.220 e. The van der Waals surface area contributed by atoms with Gasteiger partial charge in [-0.1, -0.05) is 232 Å². The van der Waals surface area contributed by atoms with Crippen LogP contribution in [0.1, 0.15) is 213 Å². The Labute approximate surface area is 378 Å². The lowest BCUT2D eigenvalue weighted by atomic mass is 10.0. The van der Waals surface area contributed by atoms with Gasteiger partial charge in [-0.25, -0.2) is 0 Å². The molecule has 0 saturated carbocycles. The van der Waals surface area contributed by atoms with Crippen LogP contribution in [0.3, 0.4) is 0 Å². The molecule has 0 radical (unpaired) electrons. The van der Waals surface area contributed by atoms with E-state index < -0.39 is 12.1 Å². The number of carbonyl (C=O) groups excluding carboxylic acids is 1. The third-order valence-electron chi connectivity index (χ3n) is 10.7. The number of carbonyl (C=O) groups is 1. The first kappa shape index (κ1) is 57.8. The van der Waals surface area contributed by atoms with Gasteiger partial charge < -0.3 is 15.5 Å². The molecule has 61 heavy (non-hydrogen) atoms. The molecule has 2 atom stereocenters. The zero-order valence-corrected chi connectivity index (χ0v) is 39.6. The maximum Gasteiger partial charge on any atom is 0.220 e. The zero-order chi connectivity index (χ0) is 44.2. The van der Waals surface area contributed by atoms with Gasteiger partial charge in [-0.05, 0) is 96.3 Å². The molecule has 0 bridgehead atoms. The molecule has 0 spiro atoms. The lowest BCUT2D eigenvalue weighted by molar-refractivity contribution is -0.123. The molecule has 0 saturated heterocycles. The zero-order valence-electron chi connectivity index (χ0n) is 39.6. The average Bonchev–Trinajstić information content (AvgIpc) is 3.26. The highest BCUT2D eigenvalue weighted by Crippen LogP contribution is 2.14. The van der Waals surface area contributed by atoms with E-state index in [9.17, 15) is 15.0 Å². The van der Waals surface area contributed by atoms with Gasteiger partial charge >= 0.3 is 0 Å². The molecule has 1 amide bonds. The van der Waals surface area contributed by atoms with Crippen LogP contribution in [0.15, 0.2) is 122 Å². The fourth-order valence-corrected chi connectivity index (χ4v) is 6.86. The van der Waals surface area contributed by atoms with E-state index in [0.29, 0.717) is 6.42 Å². The standard InChI is InChI=1S/C57H95NO3/c1-3-5-7-9-11-13-15-17-18-19-20-21-22-23-24-25-26-27-28-29-30-31-32-33-34-35-36-37-38-39-40-41-43-45-47-49-51-53-57(61)58-55(54-59)56(60)52-50-48-46-44-42-16-14-12-10-8-6-4-2/h5,7,11,13,17-18,20-21,23-24,26-27,29-30,32-33,42,44,50,52,55-56,59-60H,3-4,6,8-10,12,14-16,19,22,25,28,31,34-41,43,45-49,51,53-54H2,1-2H3,(H,58,61)/b7-5-,13-11-,18-17-,21-20-,24-23-,27-26-,30-29-,33-32-,44-42+,52-50+. The predicted octanol–water partition coefficient (Wildman–Crippen LogP) is 16.5. The van der Waals surface area contributed by atoms with Gasteiger partial charge in [0.1, 0.15) is 0 Å². The Balaban J connectivity index is 3.59. The summed E-state index contributed by atoms with van der Waals surface area (Å²) in [7, 11) is 0. The first-order valence-electron chi connectivity index (χ1n) is 25.2. The molecule has 0 aromatic heterocycles. The van der Waals surface area contributed by atoms with Crippen LogP contribution in [0.2, 0.25) is 0 Å². The second-order valence-corrected chi connectivity index (χ2v) is 16.5. The number of aliphatic hydroxyl groups is 2. The number of allylic oxidation sites excluding steroid dienone is 19. The SMILES string of the molecule is CC/C=C\C/C=C\C/C=C\C/C=C\C/C=C\C/C=C\C/C=C\C/C=C\CCCCCCCCCCCCCCC(=O)NC(CO)C(O)/C=C/CC/C=C/CCCCCCCC. The molecule has 0 aromatic rings. The van der Waals surface area contributed by atoms with Gasteiger partial charge in [-0.15, -0.1) is 0 Å². The summed E-state index contributed by atoms with van der Waals surface area (Å²) >= 11 is 0. The van der Waals surface area contributed by atoms with Crippen molar-refractivity contribution < 1.29 is 15.0 Å². The van der Waals surface area contributed by atoms with Crippen LogP contribution >= 0.6 is 0 Å². The highest BCUT2D eigenvalue weighted by Gasteiger charge is 2.17. The summed E-state index contributed by atoms with van der Waals surface area (Å²) in [5.74, 6) is -0.0827. The van der Waals surface area contributed by atoms with E-state index >= 15 is 0 Å². The number of hydrogen-bond acceptors (Lipinski definition) is 3. The lowest BCUT2D eigenvalue weighted by Crippen LogP contribution is -2.45. The van der Waals surface area contributed by atoms with Crippen LogP contribution in [0.4, 0.5) is 0 Å². The van der Waals surface area contributed by atoms with E-state index in [1.807, 2.05) is 6.08 Å². The van der Waals surface area contributed by atoms with Crippen molar-refractivity contribution in [1.82, 2.24) is 5.32 Å². The molecule has 4 heteroatoms. The molecular weight excluding hydrogens is 747 g/mol. The van der Waals surface area contributed by atoms with E-state index in [0.717, 1.165) is 83.5 Å². The molecule has 3 N–H and O–H groups in total. The summed E-state index contributed by atoms with van der Waals surface area (Å²) < 4.78 is 0. The van der Waals surface area contributed by atoms with E-state index in [-0.39, 0.29) is 12.5 Å². The Kier molecular flexibility index (Phi) is 48.5. The largest absolute Gasteiger partial charge is 0.394 e. The number of rotatable bonds is 44. The molecule has 0 aromatic carbocycles. The number of aliphatic hydroxyl groups excluding tert-OH is 2. The van der Waals surface area contributed by atoms with E-state index in [4.69, 9.17) is 0 Å².